The van der Waals surface area contributed by atoms with E-state index >= 15 is 0 Å². The van der Waals surface area contributed by atoms with Crippen LogP contribution in [0.2, 0.25) is 0 Å². The van der Waals surface area contributed by atoms with Crippen molar-refractivity contribution in [3.8, 4) is 0 Å². The predicted octanol–water partition coefficient (Wildman–Crippen LogP) is 4.41. The number of hydrogen-bond donors (Lipinski definition) is 2. The quantitative estimate of drug-likeness (QED) is 0.587. The van der Waals surface area contributed by atoms with Gasteiger partial charge in [-0.25, -0.2) is 4.79 Å². The molecule has 0 saturated heterocycles. The molecule has 0 aliphatic rings. The third kappa shape index (κ3) is 8.52. The maximum Gasteiger partial charge on any atom is 0.408 e. The summed E-state index contributed by atoms with van der Waals surface area (Å²) in [4.78, 5) is 40.6. The average Bonchev–Trinajstić information content (AvgIpc) is 2.63. The van der Waals surface area contributed by atoms with Crippen LogP contribution in [0.1, 0.15) is 84.0 Å². The molecule has 2 unspecified atom stereocenters. The van der Waals surface area contributed by atoms with Crippen molar-refractivity contribution in [3.05, 3.63) is 34.9 Å². The Balaban J connectivity index is 3.34. The highest BCUT2D eigenvalue weighted by atomic mass is 16.6. The van der Waals surface area contributed by atoms with Crippen LogP contribution in [0.25, 0.3) is 0 Å². The zero-order valence-electron chi connectivity index (χ0n) is 21.2. The largest absolute Gasteiger partial charge is 0.444 e. The lowest BCUT2D eigenvalue weighted by Crippen LogP contribution is -2.52. The lowest BCUT2D eigenvalue weighted by Gasteiger charge is -2.34. The third-order valence-corrected chi connectivity index (χ3v) is 4.85. The number of nitrogens with one attached hydrogen (secondary N) is 2. The molecule has 0 saturated carbocycles. The van der Waals surface area contributed by atoms with Crippen LogP contribution in [0.15, 0.2) is 18.2 Å². The number of carbonyl (C=O) groups is 3. The fraction of sp³-hybridized carbons (Fsp3) is 0.640. The van der Waals surface area contributed by atoms with Gasteiger partial charge in [0.05, 0.1) is 0 Å². The topological polar surface area (TPSA) is 87.7 Å². The van der Waals surface area contributed by atoms with Gasteiger partial charge in [-0.15, -0.1) is 0 Å². The first-order valence-corrected chi connectivity index (χ1v) is 11.4. The Bertz CT molecular complexity index is 799. The van der Waals surface area contributed by atoms with E-state index in [2.05, 4.69) is 10.6 Å². The van der Waals surface area contributed by atoms with Gasteiger partial charge in [-0.1, -0.05) is 37.1 Å². The van der Waals surface area contributed by atoms with E-state index in [4.69, 9.17) is 4.74 Å². The van der Waals surface area contributed by atoms with Crippen LogP contribution in [-0.4, -0.2) is 47.0 Å². The summed E-state index contributed by atoms with van der Waals surface area (Å²) in [7, 11) is 0. The summed E-state index contributed by atoms with van der Waals surface area (Å²) in [5.41, 5.74) is 2.13. The van der Waals surface area contributed by atoms with Crippen LogP contribution in [0.4, 0.5) is 4.79 Å². The number of amides is 3. The van der Waals surface area contributed by atoms with E-state index in [-0.39, 0.29) is 17.9 Å². The minimum atomic E-state index is -0.846. The number of hydrogen-bond acceptors (Lipinski definition) is 4. The first-order chi connectivity index (χ1) is 14.8. The van der Waals surface area contributed by atoms with Crippen molar-refractivity contribution in [2.75, 3.05) is 6.54 Å². The number of nitrogens with zero attached hydrogens (tertiary/aromatic N) is 1. The van der Waals surface area contributed by atoms with Crippen molar-refractivity contribution in [1.82, 2.24) is 15.5 Å². The van der Waals surface area contributed by atoms with Crippen LogP contribution in [0.5, 0.6) is 0 Å². The number of unbranched alkanes of at least 4 members (excludes halogenated alkanes) is 1. The normalized spacial score (nSPS) is 13.3. The fourth-order valence-corrected chi connectivity index (χ4v) is 3.44. The Morgan fingerprint density at radius 1 is 1.06 bits per heavy atom. The van der Waals surface area contributed by atoms with Crippen molar-refractivity contribution in [2.45, 2.75) is 98.9 Å². The molecule has 0 aliphatic carbocycles. The number of rotatable bonds is 9. The van der Waals surface area contributed by atoms with Crippen molar-refractivity contribution in [1.29, 1.82) is 0 Å². The van der Waals surface area contributed by atoms with E-state index in [1.54, 1.807) is 32.6 Å². The third-order valence-electron chi connectivity index (χ3n) is 4.85. The SMILES string of the molecule is CCCCN(C(=O)C(C)NC(=O)OC(C)(C)C)C(C(=O)NC(C)C)c1ccc(C)cc1C. The van der Waals surface area contributed by atoms with Gasteiger partial charge in [-0.3, -0.25) is 9.59 Å². The first-order valence-electron chi connectivity index (χ1n) is 11.4. The molecule has 0 radical (unpaired) electrons. The summed E-state index contributed by atoms with van der Waals surface area (Å²) < 4.78 is 5.30. The maximum atomic E-state index is 13.5. The predicted molar refractivity (Wildman–Crippen MR) is 127 cm³/mol. The second kappa shape index (κ2) is 11.9. The molecular formula is C25H41N3O4. The van der Waals surface area contributed by atoms with E-state index in [1.165, 1.54) is 0 Å². The van der Waals surface area contributed by atoms with Gasteiger partial charge >= 0.3 is 6.09 Å². The molecule has 0 heterocycles. The molecule has 7 nitrogen and oxygen atoms in total. The fourth-order valence-electron chi connectivity index (χ4n) is 3.44. The molecule has 1 rings (SSSR count). The molecule has 180 valence electrons. The lowest BCUT2D eigenvalue weighted by molar-refractivity contribution is -0.142. The summed E-state index contributed by atoms with van der Waals surface area (Å²) in [6, 6.07) is 4.16. The molecule has 32 heavy (non-hydrogen) atoms. The van der Waals surface area contributed by atoms with Crippen molar-refractivity contribution in [2.24, 2.45) is 0 Å². The molecular weight excluding hydrogens is 406 g/mol. The van der Waals surface area contributed by atoms with Gasteiger partial charge in [0, 0.05) is 12.6 Å². The highest BCUT2D eigenvalue weighted by molar-refractivity contribution is 5.92. The first kappa shape index (κ1) is 27.5. The van der Waals surface area contributed by atoms with E-state index in [0.717, 1.165) is 29.5 Å². The van der Waals surface area contributed by atoms with Gasteiger partial charge in [0.15, 0.2) is 0 Å². The van der Waals surface area contributed by atoms with Crippen LogP contribution in [0.3, 0.4) is 0 Å². The second-order valence-corrected chi connectivity index (χ2v) is 9.68. The van der Waals surface area contributed by atoms with Gasteiger partial charge in [0.2, 0.25) is 11.8 Å². The van der Waals surface area contributed by atoms with E-state index in [1.807, 2.05) is 52.8 Å². The summed E-state index contributed by atoms with van der Waals surface area (Å²) in [6.07, 6.45) is 0.938. The van der Waals surface area contributed by atoms with E-state index in [0.29, 0.717) is 6.54 Å². The summed E-state index contributed by atoms with van der Waals surface area (Å²) >= 11 is 0. The monoisotopic (exact) mass is 447 g/mol. The summed E-state index contributed by atoms with van der Waals surface area (Å²) in [6.45, 7) is 17.1. The van der Waals surface area contributed by atoms with E-state index in [9.17, 15) is 14.4 Å². The van der Waals surface area contributed by atoms with Crippen LogP contribution in [0, 0.1) is 13.8 Å². The van der Waals surface area contributed by atoms with Crippen molar-refractivity contribution in [3.63, 3.8) is 0 Å². The molecule has 2 atom stereocenters. The number of aryl methyl sites for hydroxylation is 2. The zero-order valence-corrected chi connectivity index (χ0v) is 21.2. The van der Waals surface area contributed by atoms with Gasteiger partial charge in [0.25, 0.3) is 0 Å². The molecule has 1 aromatic rings. The Morgan fingerprint density at radius 3 is 2.19 bits per heavy atom. The molecule has 1 aromatic carbocycles. The van der Waals surface area contributed by atoms with E-state index < -0.39 is 23.8 Å². The molecule has 0 bridgehead atoms. The molecule has 0 aliphatic heterocycles. The van der Waals surface area contributed by atoms with Gasteiger partial charge in [-0.2, -0.15) is 0 Å². The Kier molecular flexibility index (Phi) is 10.2. The van der Waals surface area contributed by atoms with Crippen LogP contribution in [-0.2, 0) is 14.3 Å². The molecule has 2 N–H and O–H groups in total. The van der Waals surface area contributed by atoms with Crippen LogP contribution >= 0.6 is 0 Å². The Labute approximate surface area is 193 Å². The summed E-state index contributed by atoms with van der Waals surface area (Å²) in [5, 5.41) is 5.58. The molecule has 0 aromatic heterocycles. The molecule has 3 amide bonds. The Morgan fingerprint density at radius 2 is 1.69 bits per heavy atom. The van der Waals surface area contributed by atoms with Gasteiger partial charge in [0.1, 0.15) is 17.7 Å². The highest BCUT2D eigenvalue weighted by Crippen LogP contribution is 2.27. The lowest BCUT2D eigenvalue weighted by atomic mass is 9.96. The van der Waals surface area contributed by atoms with Crippen LogP contribution < -0.4 is 10.6 Å². The summed E-state index contributed by atoms with van der Waals surface area (Å²) in [5.74, 6) is -0.561. The molecule has 0 fully saturated rings. The second-order valence-electron chi connectivity index (χ2n) is 9.68. The number of benzene rings is 1. The average molecular weight is 448 g/mol. The Hall–Kier alpha value is -2.57. The minimum Gasteiger partial charge on any atom is -0.444 e. The number of carbonyl (C=O) groups excluding carboxylic acids is 3. The van der Waals surface area contributed by atoms with Crippen molar-refractivity contribution >= 4 is 17.9 Å². The smallest absolute Gasteiger partial charge is 0.408 e. The number of ether oxygens (including phenoxy) is 1. The molecule has 0 spiro atoms. The maximum absolute atomic E-state index is 13.5. The highest BCUT2D eigenvalue weighted by Gasteiger charge is 2.35. The zero-order chi connectivity index (χ0) is 24.6. The van der Waals surface area contributed by atoms with Gasteiger partial charge < -0.3 is 20.3 Å². The standard InChI is InChI=1S/C25H41N3O4/c1-10-11-14-28(23(30)19(6)27-24(31)32-25(7,8)9)21(22(29)26-16(2)3)20-13-12-17(4)15-18(20)5/h12-13,15-16,19,21H,10-11,14H2,1-9H3,(H,26,29)(H,27,31). The minimum absolute atomic E-state index is 0.0730. The number of alkyl carbamates (subject to hydrolysis) is 1. The van der Waals surface area contributed by atoms with Gasteiger partial charge in [-0.05, 0) is 72.9 Å². The molecule has 7 heteroatoms. The van der Waals surface area contributed by atoms with Crippen molar-refractivity contribution < 1.29 is 19.1 Å².